The number of halogens is 1. The van der Waals surface area contributed by atoms with Gasteiger partial charge in [-0.25, -0.2) is 9.37 Å². The van der Waals surface area contributed by atoms with E-state index in [0.717, 1.165) is 24.3 Å². The fourth-order valence-corrected chi connectivity index (χ4v) is 2.35. The summed E-state index contributed by atoms with van der Waals surface area (Å²) >= 11 is 0. The minimum atomic E-state index is -0.487. The molecule has 1 fully saturated rings. The highest BCUT2D eigenvalue weighted by atomic mass is 19.1. The van der Waals surface area contributed by atoms with Crippen LogP contribution in [-0.2, 0) is 0 Å². The van der Waals surface area contributed by atoms with Crippen LogP contribution in [0.1, 0.15) is 49.8 Å². The minimum absolute atomic E-state index is 0.104. The number of pyridine rings is 1. The van der Waals surface area contributed by atoms with Crippen molar-refractivity contribution < 1.29 is 4.39 Å². The lowest BCUT2D eigenvalue weighted by molar-refractivity contribution is 0.347. The first-order chi connectivity index (χ1) is 7.70. The molecule has 16 heavy (non-hydrogen) atoms. The van der Waals surface area contributed by atoms with Gasteiger partial charge in [0.05, 0.1) is 0 Å². The summed E-state index contributed by atoms with van der Waals surface area (Å²) in [6.45, 7) is 2.26. The molecule has 2 rings (SSSR count). The Bertz CT molecular complexity index is 414. The average Bonchev–Trinajstić information content (AvgIpc) is 2.30. The molecule has 0 aliphatic heterocycles. The molecule has 1 aliphatic carbocycles. The van der Waals surface area contributed by atoms with Gasteiger partial charge in [-0.2, -0.15) is 5.26 Å². The van der Waals surface area contributed by atoms with Crippen molar-refractivity contribution in [3.05, 3.63) is 29.3 Å². The molecule has 0 unspecified atom stereocenters. The smallest absolute Gasteiger partial charge is 0.176 e. The molecular weight excluding hydrogens is 203 g/mol. The zero-order valence-corrected chi connectivity index (χ0v) is 9.41. The number of nitriles is 1. The minimum Gasteiger partial charge on any atom is -0.242 e. The summed E-state index contributed by atoms with van der Waals surface area (Å²) < 4.78 is 13.4. The Kier molecular flexibility index (Phi) is 3.19. The van der Waals surface area contributed by atoms with Crippen molar-refractivity contribution >= 4 is 0 Å². The van der Waals surface area contributed by atoms with Gasteiger partial charge in [-0.15, -0.1) is 0 Å². The van der Waals surface area contributed by atoms with Crippen LogP contribution in [0.5, 0.6) is 0 Å². The summed E-state index contributed by atoms with van der Waals surface area (Å²) in [6, 6.07) is 3.22. The van der Waals surface area contributed by atoms with E-state index in [2.05, 4.69) is 11.9 Å². The van der Waals surface area contributed by atoms with Gasteiger partial charge in [-0.3, -0.25) is 0 Å². The molecule has 0 N–H and O–H groups in total. The van der Waals surface area contributed by atoms with Crippen molar-refractivity contribution in [1.29, 1.82) is 5.26 Å². The van der Waals surface area contributed by atoms with E-state index in [4.69, 9.17) is 5.26 Å². The normalized spacial score (nSPS) is 25.1. The van der Waals surface area contributed by atoms with Gasteiger partial charge in [0.25, 0.3) is 0 Å². The highest BCUT2D eigenvalue weighted by Gasteiger charge is 2.20. The van der Waals surface area contributed by atoms with Gasteiger partial charge in [0, 0.05) is 6.20 Å². The summed E-state index contributed by atoms with van der Waals surface area (Å²) in [6.07, 6.45) is 6.27. The van der Waals surface area contributed by atoms with E-state index < -0.39 is 5.82 Å². The van der Waals surface area contributed by atoms with Crippen LogP contribution < -0.4 is 0 Å². The van der Waals surface area contributed by atoms with Gasteiger partial charge < -0.3 is 0 Å². The average molecular weight is 218 g/mol. The van der Waals surface area contributed by atoms with Crippen molar-refractivity contribution in [2.45, 2.75) is 38.5 Å². The van der Waals surface area contributed by atoms with Crippen molar-refractivity contribution in [3.8, 4) is 6.07 Å². The van der Waals surface area contributed by atoms with Gasteiger partial charge in [0.1, 0.15) is 6.07 Å². The first kappa shape index (κ1) is 11.1. The molecule has 0 aromatic carbocycles. The molecule has 1 saturated carbocycles. The number of nitrogens with zero attached hydrogens (tertiary/aromatic N) is 2. The molecule has 0 bridgehead atoms. The Hall–Kier alpha value is -1.43. The maximum Gasteiger partial charge on any atom is 0.176 e. The summed E-state index contributed by atoms with van der Waals surface area (Å²) in [5, 5.41) is 8.60. The predicted molar refractivity (Wildman–Crippen MR) is 59.3 cm³/mol. The third-order valence-electron chi connectivity index (χ3n) is 3.46. The molecule has 0 saturated heterocycles. The molecule has 1 aromatic rings. The largest absolute Gasteiger partial charge is 0.242 e. The Morgan fingerprint density at radius 2 is 2.06 bits per heavy atom. The second-order valence-electron chi connectivity index (χ2n) is 4.67. The quantitative estimate of drug-likeness (QED) is 0.724. The summed E-state index contributed by atoms with van der Waals surface area (Å²) in [4.78, 5) is 3.85. The lowest BCUT2D eigenvalue weighted by Crippen LogP contribution is -2.11. The molecule has 2 nitrogen and oxygen atoms in total. The lowest BCUT2D eigenvalue weighted by atomic mass is 9.80. The topological polar surface area (TPSA) is 36.7 Å². The number of rotatable bonds is 1. The highest BCUT2D eigenvalue weighted by Crippen LogP contribution is 2.35. The Morgan fingerprint density at radius 1 is 1.38 bits per heavy atom. The van der Waals surface area contributed by atoms with Crippen molar-refractivity contribution in [2.24, 2.45) is 5.92 Å². The zero-order chi connectivity index (χ0) is 11.5. The van der Waals surface area contributed by atoms with Crippen molar-refractivity contribution in [2.75, 3.05) is 0 Å². The van der Waals surface area contributed by atoms with Gasteiger partial charge in [-0.1, -0.05) is 19.8 Å². The zero-order valence-electron chi connectivity index (χ0n) is 9.41. The van der Waals surface area contributed by atoms with E-state index in [1.165, 1.54) is 18.9 Å². The molecule has 3 heteroatoms. The predicted octanol–water partition coefficient (Wildman–Crippen LogP) is 3.39. The van der Waals surface area contributed by atoms with Crippen LogP contribution in [-0.4, -0.2) is 4.98 Å². The summed E-state index contributed by atoms with van der Waals surface area (Å²) in [7, 11) is 0. The molecule has 0 atom stereocenters. The third-order valence-corrected chi connectivity index (χ3v) is 3.46. The molecular formula is C13H15FN2. The molecule has 0 radical (unpaired) electrons. The van der Waals surface area contributed by atoms with E-state index >= 15 is 0 Å². The van der Waals surface area contributed by atoms with Crippen LogP contribution in [0.3, 0.4) is 0 Å². The van der Waals surface area contributed by atoms with E-state index in [-0.39, 0.29) is 5.69 Å². The molecule has 0 amide bonds. The van der Waals surface area contributed by atoms with Crippen molar-refractivity contribution in [3.63, 3.8) is 0 Å². The number of hydrogen-bond donors (Lipinski definition) is 0. The van der Waals surface area contributed by atoms with Gasteiger partial charge in [0.2, 0.25) is 0 Å². The van der Waals surface area contributed by atoms with Crippen LogP contribution in [0.4, 0.5) is 4.39 Å². The summed E-state index contributed by atoms with van der Waals surface area (Å²) in [5.41, 5.74) is 0.844. The summed E-state index contributed by atoms with van der Waals surface area (Å²) in [5.74, 6) is 0.719. The van der Waals surface area contributed by atoms with Crippen LogP contribution in [0.25, 0.3) is 0 Å². The van der Waals surface area contributed by atoms with Crippen LogP contribution in [0.2, 0.25) is 0 Å². The number of aromatic nitrogens is 1. The second-order valence-corrected chi connectivity index (χ2v) is 4.67. The molecule has 0 spiro atoms. The lowest BCUT2D eigenvalue weighted by Gasteiger charge is -2.26. The van der Waals surface area contributed by atoms with E-state index in [0.29, 0.717) is 5.92 Å². The van der Waals surface area contributed by atoms with Crippen LogP contribution in [0.15, 0.2) is 12.3 Å². The van der Waals surface area contributed by atoms with Gasteiger partial charge in [0.15, 0.2) is 11.5 Å². The Labute approximate surface area is 95.1 Å². The monoisotopic (exact) mass is 218 g/mol. The SMILES string of the molecule is CC1CCC(c2cnc(C#N)c(F)c2)CC1. The molecule has 1 aromatic heterocycles. The highest BCUT2D eigenvalue weighted by molar-refractivity contribution is 5.27. The van der Waals surface area contributed by atoms with E-state index in [1.807, 2.05) is 0 Å². The van der Waals surface area contributed by atoms with Crippen LogP contribution >= 0.6 is 0 Å². The third kappa shape index (κ3) is 2.21. The standard InChI is InChI=1S/C13H15FN2/c1-9-2-4-10(5-3-9)11-6-12(14)13(7-15)16-8-11/h6,8-10H,2-5H2,1H3. The molecule has 84 valence electrons. The maximum atomic E-state index is 13.4. The molecule has 1 heterocycles. The fourth-order valence-electron chi connectivity index (χ4n) is 2.35. The Morgan fingerprint density at radius 3 is 2.62 bits per heavy atom. The number of hydrogen-bond acceptors (Lipinski definition) is 2. The Balaban J connectivity index is 2.16. The fraction of sp³-hybridized carbons (Fsp3) is 0.538. The van der Waals surface area contributed by atoms with Crippen LogP contribution in [0, 0.1) is 23.1 Å². The van der Waals surface area contributed by atoms with Gasteiger partial charge in [-0.05, 0) is 36.3 Å². The van der Waals surface area contributed by atoms with E-state index in [9.17, 15) is 4.39 Å². The van der Waals surface area contributed by atoms with Crippen molar-refractivity contribution in [1.82, 2.24) is 4.98 Å². The maximum absolute atomic E-state index is 13.4. The van der Waals surface area contributed by atoms with E-state index in [1.54, 1.807) is 12.3 Å². The second kappa shape index (κ2) is 4.61. The first-order valence-electron chi connectivity index (χ1n) is 5.76. The first-order valence-corrected chi connectivity index (χ1v) is 5.76. The van der Waals surface area contributed by atoms with Gasteiger partial charge >= 0.3 is 0 Å². The molecule has 1 aliphatic rings.